The molecule has 0 aliphatic carbocycles. The standard InChI is InChI=1S/C10H8BrF3S/c1-7-6-8-4-2-3-5-9(8)15(7,11)10(12,13)14/h2-6H,1H3. The highest BCUT2D eigenvalue weighted by Gasteiger charge is 2.53. The van der Waals surface area contributed by atoms with Gasteiger partial charge in [-0.25, -0.2) is 0 Å². The van der Waals surface area contributed by atoms with E-state index in [4.69, 9.17) is 0 Å². The molecule has 0 nitrogen and oxygen atoms in total. The van der Waals surface area contributed by atoms with Gasteiger partial charge in [0, 0.05) is 4.90 Å². The summed E-state index contributed by atoms with van der Waals surface area (Å²) in [6.07, 6.45) is 1.60. The van der Waals surface area contributed by atoms with Crippen molar-refractivity contribution in [2.24, 2.45) is 0 Å². The summed E-state index contributed by atoms with van der Waals surface area (Å²) in [7, 11) is -2.98. The molecule has 82 valence electrons. The van der Waals surface area contributed by atoms with Gasteiger partial charge in [0.1, 0.15) is 0 Å². The molecule has 1 aliphatic heterocycles. The van der Waals surface area contributed by atoms with E-state index in [1.165, 1.54) is 6.92 Å². The van der Waals surface area contributed by atoms with Crippen LogP contribution in [0.4, 0.5) is 13.2 Å². The van der Waals surface area contributed by atoms with E-state index in [9.17, 15) is 13.2 Å². The fourth-order valence-electron chi connectivity index (χ4n) is 1.64. The molecule has 0 fully saturated rings. The number of hydrogen-bond acceptors (Lipinski definition) is 0. The monoisotopic (exact) mass is 296 g/mol. The first-order valence-electron chi connectivity index (χ1n) is 4.24. The van der Waals surface area contributed by atoms with E-state index < -0.39 is 14.0 Å². The Morgan fingerprint density at radius 1 is 1.20 bits per heavy atom. The molecule has 1 heterocycles. The van der Waals surface area contributed by atoms with Crippen molar-refractivity contribution in [1.82, 2.24) is 0 Å². The number of fused-ring (bicyclic) bond motifs is 1. The van der Waals surface area contributed by atoms with Gasteiger partial charge in [-0.15, -0.1) is 0 Å². The van der Waals surface area contributed by atoms with E-state index in [-0.39, 0.29) is 0 Å². The highest BCUT2D eigenvalue weighted by Crippen LogP contribution is 2.80. The zero-order valence-electron chi connectivity index (χ0n) is 7.81. The van der Waals surface area contributed by atoms with Crippen molar-refractivity contribution in [3.63, 3.8) is 0 Å². The zero-order chi connectivity index (χ0) is 11.3. The van der Waals surface area contributed by atoms with Crippen LogP contribution < -0.4 is 0 Å². The van der Waals surface area contributed by atoms with Gasteiger partial charge < -0.3 is 0 Å². The van der Waals surface area contributed by atoms with E-state index in [1.54, 1.807) is 30.3 Å². The van der Waals surface area contributed by atoms with E-state index in [0.717, 1.165) is 0 Å². The Kier molecular flexibility index (Phi) is 2.43. The van der Waals surface area contributed by atoms with Crippen LogP contribution in [-0.4, -0.2) is 5.51 Å². The smallest absolute Gasteiger partial charge is 0.160 e. The largest absolute Gasteiger partial charge is 0.442 e. The van der Waals surface area contributed by atoms with Gasteiger partial charge in [0.2, 0.25) is 0 Å². The Labute approximate surface area is 94.7 Å². The Balaban J connectivity index is 2.67. The average Bonchev–Trinajstić information content (AvgIpc) is 2.40. The first kappa shape index (κ1) is 11.1. The minimum atomic E-state index is -4.24. The van der Waals surface area contributed by atoms with Crippen molar-refractivity contribution in [1.29, 1.82) is 0 Å². The number of rotatable bonds is 0. The SMILES string of the molecule is CC1=Cc2ccccc2S1(Br)C(F)(F)F. The Morgan fingerprint density at radius 2 is 1.80 bits per heavy atom. The van der Waals surface area contributed by atoms with Crippen LogP contribution in [0, 0.1) is 0 Å². The van der Waals surface area contributed by atoms with Crippen LogP contribution in [0.15, 0.2) is 34.1 Å². The molecule has 1 unspecified atom stereocenters. The summed E-state index contributed by atoms with van der Waals surface area (Å²) in [6, 6.07) is 6.64. The third kappa shape index (κ3) is 1.44. The summed E-state index contributed by atoms with van der Waals surface area (Å²) >= 11 is 2.92. The van der Waals surface area contributed by atoms with Crippen LogP contribution in [0.1, 0.15) is 12.5 Å². The zero-order valence-corrected chi connectivity index (χ0v) is 10.2. The Morgan fingerprint density at radius 3 is 2.40 bits per heavy atom. The number of halogens is 4. The first-order valence-corrected chi connectivity index (χ1v) is 7.71. The summed E-state index contributed by atoms with van der Waals surface area (Å²) in [5.74, 6) is 0. The molecule has 2 rings (SSSR count). The van der Waals surface area contributed by atoms with E-state index in [0.29, 0.717) is 15.4 Å². The van der Waals surface area contributed by atoms with E-state index in [2.05, 4.69) is 14.8 Å². The lowest BCUT2D eigenvalue weighted by atomic mass is 10.2. The van der Waals surface area contributed by atoms with Crippen LogP contribution in [0.25, 0.3) is 6.08 Å². The molecular weight excluding hydrogens is 289 g/mol. The number of allylic oxidation sites excluding steroid dienone is 1. The number of benzene rings is 1. The maximum atomic E-state index is 13.0. The third-order valence-corrected chi connectivity index (χ3v) is 8.64. The summed E-state index contributed by atoms with van der Waals surface area (Å²) in [5, 5.41) is 0. The topological polar surface area (TPSA) is 0 Å². The maximum absolute atomic E-state index is 13.0. The van der Waals surface area contributed by atoms with Gasteiger partial charge in [0.15, 0.2) is 0 Å². The van der Waals surface area contributed by atoms with Crippen molar-refractivity contribution in [2.75, 3.05) is 0 Å². The molecule has 0 spiro atoms. The van der Waals surface area contributed by atoms with Crippen LogP contribution in [0.3, 0.4) is 0 Å². The second kappa shape index (κ2) is 3.28. The van der Waals surface area contributed by atoms with Crippen molar-refractivity contribution in [2.45, 2.75) is 17.3 Å². The molecule has 0 radical (unpaired) electrons. The molecule has 15 heavy (non-hydrogen) atoms. The highest BCUT2D eigenvalue weighted by atomic mass is 79.9. The van der Waals surface area contributed by atoms with E-state index in [1.807, 2.05) is 0 Å². The second-order valence-corrected chi connectivity index (χ2v) is 8.81. The summed E-state index contributed by atoms with van der Waals surface area (Å²) < 4.78 is 39.1. The maximum Gasteiger partial charge on any atom is 0.442 e. The molecule has 0 bridgehead atoms. The minimum absolute atomic E-state index is 0.356. The van der Waals surface area contributed by atoms with Gasteiger partial charge in [-0.3, -0.25) is 0 Å². The molecular formula is C10H8BrF3S. The van der Waals surface area contributed by atoms with Gasteiger partial charge in [0.05, 0.1) is 0 Å². The molecule has 0 aromatic heterocycles. The highest BCUT2D eigenvalue weighted by molar-refractivity contribution is 9.59. The third-order valence-electron chi connectivity index (χ3n) is 2.34. The Bertz CT molecular complexity index is 439. The Hall–Kier alpha value is -0.420. The number of hydrogen-bond donors (Lipinski definition) is 0. The predicted molar refractivity (Wildman–Crippen MR) is 60.9 cm³/mol. The lowest BCUT2D eigenvalue weighted by Gasteiger charge is -2.33. The predicted octanol–water partition coefficient (Wildman–Crippen LogP) is 5.05. The van der Waals surface area contributed by atoms with Gasteiger partial charge in [-0.1, -0.05) is 18.2 Å². The molecule has 0 N–H and O–H groups in total. The van der Waals surface area contributed by atoms with Crippen LogP contribution in [0.2, 0.25) is 0 Å². The van der Waals surface area contributed by atoms with Gasteiger partial charge in [-0.05, 0) is 52.8 Å². The minimum Gasteiger partial charge on any atom is -0.160 e. The van der Waals surface area contributed by atoms with Crippen LogP contribution >= 0.6 is 23.3 Å². The molecule has 1 aliphatic rings. The van der Waals surface area contributed by atoms with Gasteiger partial charge >= 0.3 is 5.51 Å². The van der Waals surface area contributed by atoms with Gasteiger partial charge in [0.25, 0.3) is 0 Å². The molecule has 1 aromatic rings. The van der Waals surface area contributed by atoms with Gasteiger partial charge in [-0.2, -0.15) is 13.2 Å². The number of alkyl halides is 3. The first-order chi connectivity index (χ1) is 6.87. The van der Waals surface area contributed by atoms with Crippen LogP contribution in [-0.2, 0) is 0 Å². The van der Waals surface area contributed by atoms with Crippen molar-refractivity contribution in [3.05, 3.63) is 34.7 Å². The van der Waals surface area contributed by atoms with Crippen molar-refractivity contribution >= 4 is 29.4 Å². The summed E-state index contributed by atoms with van der Waals surface area (Å²) in [4.78, 5) is 0.714. The second-order valence-electron chi connectivity index (χ2n) is 3.28. The molecule has 0 amide bonds. The molecule has 1 atom stereocenters. The summed E-state index contributed by atoms with van der Waals surface area (Å²) in [6.45, 7) is 1.53. The molecule has 5 heteroatoms. The fraction of sp³-hybridized carbons (Fsp3) is 0.200. The normalized spacial score (nSPS) is 29.3. The van der Waals surface area contributed by atoms with Crippen molar-refractivity contribution < 1.29 is 13.2 Å². The quantitative estimate of drug-likeness (QED) is 0.628. The lowest BCUT2D eigenvalue weighted by molar-refractivity contribution is -0.0355. The van der Waals surface area contributed by atoms with Crippen LogP contribution in [0.5, 0.6) is 0 Å². The molecule has 0 saturated heterocycles. The summed E-state index contributed by atoms with van der Waals surface area (Å²) in [5.41, 5.74) is -3.57. The fourth-order valence-corrected chi connectivity index (χ4v) is 4.77. The van der Waals surface area contributed by atoms with E-state index >= 15 is 0 Å². The lowest BCUT2D eigenvalue weighted by Crippen LogP contribution is -2.14. The van der Waals surface area contributed by atoms with Crippen molar-refractivity contribution in [3.8, 4) is 0 Å². The average molecular weight is 297 g/mol. The molecule has 1 aromatic carbocycles. The molecule has 0 saturated carbocycles.